The van der Waals surface area contributed by atoms with Crippen LogP contribution in [0.2, 0.25) is 0 Å². The molecule has 13 heavy (non-hydrogen) atoms. The summed E-state index contributed by atoms with van der Waals surface area (Å²) >= 11 is 0. The molecule has 0 aromatic rings. The molecule has 1 rings (SSSR count). The van der Waals surface area contributed by atoms with Crippen molar-refractivity contribution in [1.29, 1.82) is 0 Å². The highest BCUT2D eigenvalue weighted by molar-refractivity contribution is 4.72. The van der Waals surface area contributed by atoms with E-state index < -0.39 is 0 Å². The zero-order valence-electron chi connectivity index (χ0n) is 9.34. The molecule has 0 saturated carbocycles. The molecule has 0 radical (unpaired) electrons. The number of hydrogen-bond acceptors (Lipinski definition) is 2. The summed E-state index contributed by atoms with van der Waals surface area (Å²) in [6.45, 7) is 11.9. The summed E-state index contributed by atoms with van der Waals surface area (Å²) in [5.41, 5.74) is 0. The van der Waals surface area contributed by atoms with Crippen molar-refractivity contribution in [2.24, 2.45) is 5.92 Å². The Morgan fingerprint density at radius 2 is 2.23 bits per heavy atom. The molecule has 0 bridgehead atoms. The Bertz CT molecular complexity index is 134. The second kappa shape index (κ2) is 5.61. The van der Waals surface area contributed by atoms with Gasteiger partial charge in [-0.1, -0.05) is 20.8 Å². The van der Waals surface area contributed by atoms with E-state index in [1.807, 2.05) is 0 Å². The Morgan fingerprint density at radius 3 is 2.77 bits per heavy atom. The van der Waals surface area contributed by atoms with E-state index in [4.69, 9.17) is 0 Å². The summed E-state index contributed by atoms with van der Waals surface area (Å²) < 4.78 is 0. The van der Waals surface area contributed by atoms with Crippen molar-refractivity contribution in [3.63, 3.8) is 0 Å². The predicted octanol–water partition coefficient (Wildman–Crippen LogP) is 1.72. The Kier molecular flexibility index (Phi) is 4.74. The minimum absolute atomic E-state index is 0.637. The maximum Gasteiger partial charge on any atom is 0.00103 e. The van der Waals surface area contributed by atoms with Gasteiger partial charge in [-0.05, 0) is 38.4 Å². The van der Waals surface area contributed by atoms with Gasteiger partial charge in [-0.15, -0.1) is 0 Å². The standard InChI is InChI=1S/C11H24N2/c1-10(2)12-6-4-7-13-8-5-11(3)9-13/h10-12H,4-9H2,1-3H3. The molecule has 0 aromatic heterocycles. The fourth-order valence-electron chi connectivity index (χ4n) is 1.92. The quantitative estimate of drug-likeness (QED) is 0.654. The van der Waals surface area contributed by atoms with Crippen molar-refractivity contribution in [2.45, 2.75) is 39.7 Å². The van der Waals surface area contributed by atoms with Gasteiger partial charge in [-0.25, -0.2) is 0 Å². The first-order valence-corrected chi connectivity index (χ1v) is 5.64. The van der Waals surface area contributed by atoms with E-state index in [1.165, 1.54) is 39.0 Å². The molecule has 1 heterocycles. The third-order valence-electron chi connectivity index (χ3n) is 2.71. The lowest BCUT2D eigenvalue weighted by atomic mass is 10.2. The van der Waals surface area contributed by atoms with Crippen LogP contribution in [0.25, 0.3) is 0 Å². The molecule has 1 aliphatic rings. The van der Waals surface area contributed by atoms with Crippen LogP contribution in [0.1, 0.15) is 33.6 Å². The van der Waals surface area contributed by atoms with Gasteiger partial charge >= 0.3 is 0 Å². The second-order valence-electron chi connectivity index (χ2n) is 4.66. The van der Waals surface area contributed by atoms with Crippen molar-refractivity contribution in [2.75, 3.05) is 26.2 Å². The van der Waals surface area contributed by atoms with Gasteiger partial charge < -0.3 is 10.2 Å². The van der Waals surface area contributed by atoms with Gasteiger partial charge in [0.2, 0.25) is 0 Å². The Hall–Kier alpha value is -0.0800. The van der Waals surface area contributed by atoms with Crippen LogP contribution >= 0.6 is 0 Å². The van der Waals surface area contributed by atoms with Gasteiger partial charge in [0.15, 0.2) is 0 Å². The van der Waals surface area contributed by atoms with Crippen molar-refractivity contribution < 1.29 is 0 Å². The van der Waals surface area contributed by atoms with E-state index in [2.05, 4.69) is 31.0 Å². The average Bonchev–Trinajstić information content (AvgIpc) is 2.45. The smallest absolute Gasteiger partial charge is 0.00103 e. The molecular weight excluding hydrogens is 160 g/mol. The maximum atomic E-state index is 3.45. The molecule has 78 valence electrons. The van der Waals surface area contributed by atoms with Crippen LogP contribution in [0.3, 0.4) is 0 Å². The first-order valence-electron chi connectivity index (χ1n) is 5.64. The zero-order chi connectivity index (χ0) is 9.68. The predicted molar refractivity (Wildman–Crippen MR) is 58.0 cm³/mol. The Morgan fingerprint density at radius 1 is 1.46 bits per heavy atom. The summed E-state index contributed by atoms with van der Waals surface area (Å²) in [4.78, 5) is 2.59. The SMILES string of the molecule is CC1CCN(CCCNC(C)C)C1. The summed E-state index contributed by atoms with van der Waals surface area (Å²) in [5.74, 6) is 0.929. The minimum Gasteiger partial charge on any atom is -0.314 e. The molecule has 1 N–H and O–H groups in total. The summed E-state index contributed by atoms with van der Waals surface area (Å²) in [5, 5.41) is 3.45. The largest absolute Gasteiger partial charge is 0.314 e. The molecule has 2 heteroatoms. The number of rotatable bonds is 5. The number of nitrogens with one attached hydrogen (secondary N) is 1. The molecule has 1 saturated heterocycles. The van der Waals surface area contributed by atoms with E-state index in [1.54, 1.807) is 0 Å². The highest BCUT2D eigenvalue weighted by atomic mass is 15.1. The van der Waals surface area contributed by atoms with Gasteiger partial charge in [-0.2, -0.15) is 0 Å². The van der Waals surface area contributed by atoms with Crippen molar-refractivity contribution in [1.82, 2.24) is 10.2 Å². The van der Waals surface area contributed by atoms with Crippen molar-refractivity contribution in [3.8, 4) is 0 Å². The van der Waals surface area contributed by atoms with Gasteiger partial charge in [0, 0.05) is 12.6 Å². The molecule has 2 nitrogen and oxygen atoms in total. The average molecular weight is 184 g/mol. The van der Waals surface area contributed by atoms with E-state index in [-0.39, 0.29) is 0 Å². The van der Waals surface area contributed by atoms with Crippen LogP contribution < -0.4 is 5.32 Å². The van der Waals surface area contributed by atoms with E-state index >= 15 is 0 Å². The van der Waals surface area contributed by atoms with Crippen LogP contribution in [0.5, 0.6) is 0 Å². The van der Waals surface area contributed by atoms with E-state index in [9.17, 15) is 0 Å². The van der Waals surface area contributed by atoms with Gasteiger partial charge in [0.05, 0.1) is 0 Å². The lowest BCUT2D eigenvalue weighted by Gasteiger charge is -2.15. The third-order valence-corrected chi connectivity index (χ3v) is 2.71. The summed E-state index contributed by atoms with van der Waals surface area (Å²) in [6.07, 6.45) is 2.70. The maximum absolute atomic E-state index is 3.45. The first kappa shape index (κ1) is 11.0. The van der Waals surface area contributed by atoms with Gasteiger partial charge in [0.1, 0.15) is 0 Å². The molecule has 0 spiro atoms. The Balaban J connectivity index is 1.94. The summed E-state index contributed by atoms with van der Waals surface area (Å²) in [6, 6.07) is 0.637. The van der Waals surface area contributed by atoms with E-state index in [0.29, 0.717) is 6.04 Å². The second-order valence-corrected chi connectivity index (χ2v) is 4.66. The molecule has 0 aromatic carbocycles. The molecule has 0 amide bonds. The molecular formula is C11H24N2. The molecule has 0 aliphatic carbocycles. The molecule has 1 unspecified atom stereocenters. The topological polar surface area (TPSA) is 15.3 Å². The van der Waals surface area contributed by atoms with Crippen LogP contribution in [-0.4, -0.2) is 37.1 Å². The number of likely N-dealkylation sites (tertiary alicyclic amines) is 1. The van der Waals surface area contributed by atoms with Crippen LogP contribution in [0.4, 0.5) is 0 Å². The Labute approximate surface area is 82.7 Å². The highest BCUT2D eigenvalue weighted by Gasteiger charge is 2.17. The van der Waals surface area contributed by atoms with Crippen LogP contribution in [0.15, 0.2) is 0 Å². The third kappa shape index (κ3) is 4.63. The normalized spacial score (nSPS) is 24.5. The lowest BCUT2D eigenvalue weighted by Crippen LogP contribution is -2.28. The zero-order valence-corrected chi connectivity index (χ0v) is 9.34. The number of nitrogens with zero attached hydrogens (tertiary/aromatic N) is 1. The highest BCUT2D eigenvalue weighted by Crippen LogP contribution is 2.14. The van der Waals surface area contributed by atoms with Gasteiger partial charge in [-0.3, -0.25) is 0 Å². The minimum atomic E-state index is 0.637. The summed E-state index contributed by atoms with van der Waals surface area (Å²) in [7, 11) is 0. The molecule has 1 fully saturated rings. The van der Waals surface area contributed by atoms with E-state index in [0.717, 1.165) is 5.92 Å². The van der Waals surface area contributed by atoms with Crippen molar-refractivity contribution in [3.05, 3.63) is 0 Å². The fraction of sp³-hybridized carbons (Fsp3) is 1.00. The van der Waals surface area contributed by atoms with Crippen molar-refractivity contribution >= 4 is 0 Å². The fourth-order valence-corrected chi connectivity index (χ4v) is 1.92. The number of hydrogen-bond donors (Lipinski definition) is 1. The van der Waals surface area contributed by atoms with Crippen LogP contribution in [0, 0.1) is 5.92 Å². The molecule has 1 atom stereocenters. The first-order chi connectivity index (χ1) is 6.18. The van der Waals surface area contributed by atoms with Gasteiger partial charge in [0.25, 0.3) is 0 Å². The van der Waals surface area contributed by atoms with Crippen LogP contribution in [-0.2, 0) is 0 Å². The lowest BCUT2D eigenvalue weighted by molar-refractivity contribution is 0.319. The monoisotopic (exact) mass is 184 g/mol. The molecule has 1 aliphatic heterocycles.